The number of ether oxygens (including phenoxy) is 1. The second kappa shape index (κ2) is 12.3. The number of aromatic nitrogens is 2. The van der Waals surface area contributed by atoms with E-state index in [0.717, 1.165) is 6.42 Å². The third kappa shape index (κ3) is 7.03. The first-order chi connectivity index (χ1) is 21.5. The van der Waals surface area contributed by atoms with Crippen molar-refractivity contribution < 1.29 is 27.5 Å². The van der Waals surface area contributed by atoms with E-state index in [2.05, 4.69) is 30.3 Å². The number of esters is 1. The summed E-state index contributed by atoms with van der Waals surface area (Å²) < 4.78 is 34.6. The number of hydrogen-bond acceptors (Lipinski definition) is 10. The van der Waals surface area contributed by atoms with Crippen molar-refractivity contribution in [3.8, 4) is 0 Å². The molecule has 0 unspecified atom stereocenters. The van der Waals surface area contributed by atoms with Crippen LogP contribution in [0.2, 0.25) is 5.15 Å². The molecule has 1 aromatic heterocycles. The van der Waals surface area contributed by atoms with Crippen LogP contribution in [0, 0.1) is 5.41 Å². The number of nitrogens with one attached hydrogen (secondary N) is 3. The van der Waals surface area contributed by atoms with E-state index in [1.54, 1.807) is 31.7 Å². The first kappa shape index (κ1) is 33.3. The van der Waals surface area contributed by atoms with E-state index < -0.39 is 38.5 Å². The van der Waals surface area contributed by atoms with E-state index in [0.29, 0.717) is 45.3 Å². The number of hydrogen-bond donors (Lipinski definition) is 5. The number of nitrogens with zero attached hydrogens (tertiary/aromatic N) is 4. The number of aliphatic imine (C=N–C) groups is 1. The summed E-state index contributed by atoms with van der Waals surface area (Å²) in [6, 6.07) is 5.86. The number of nitrogens with two attached hydrogens (primary N) is 2. The fourth-order valence-electron chi connectivity index (χ4n) is 5.59. The molecule has 2 aliphatic heterocycles. The van der Waals surface area contributed by atoms with Crippen molar-refractivity contribution in [2.75, 3.05) is 37.6 Å². The molecule has 3 fully saturated rings. The Morgan fingerprint density at radius 1 is 1.11 bits per heavy atom. The third-order valence-electron chi connectivity index (χ3n) is 8.44. The van der Waals surface area contributed by atoms with Gasteiger partial charge in [0, 0.05) is 31.7 Å². The van der Waals surface area contributed by atoms with Crippen molar-refractivity contribution in [2.45, 2.75) is 68.9 Å². The lowest BCUT2D eigenvalue weighted by atomic mass is 9.69. The zero-order valence-corrected chi connectivity index (χ0v) is 27.4. The van der Waals surface area contributed by atoms with Gasteiger partial charge in [0.2, 0.25) is 10.0 Å². The van der Waals surface area contributed by atoms with E-state index in [-0.39, 0.29) is 51.4 Å². The van der Waals surface area contributed by atoms with Crippen molar-refractivity contribution in [2.24, 2.45) is 10.4 Å². The standard InChI is InChI=1S/C29H38ClN9O6S/c1-27(2,3)45-25(42)28(8-5-9-28)15-34-46(43,44)18-7-4-6-17(14-18)24(41)39-12-10-29(11-13-39)16-33-26(38-29)37-23(40)19-21(31)36-22(32)20(30)35-19/h4,6-7,14,34H,5,8-13,15-16H2,1-3H3,(H4,31,32,36)(H2,33,37,38,40). The number of piperidine rings is 1. The number of carbonyl (C=O) groups is 3. The average molecular weight is 676 g/mol. The minimum absolute atomic E-state index is 0.0645. The highest BCUT2D eigenvalue weighted by Crippen LogP contribution is 2.42. The third-order valence-corrected chi connectivity index (χ3v) is 10.1. The molecule has 2 aromatic rings. The van der Waals surface area contributed by atoms with Gasteiger partial charge >= 0.3 is 11.9 Å². The quantitative estimate of drug-likeness (QED) is 0.263. The Balaban J connectivity index is 1.19. The van der Waals surface area contributed by atoms with Crippen LogP contribution in [0.15, 0.2) is 34.2 Å². The molecule has 248 valence electrons. The fourth-order valence-corrected chi connectivity index (χ4v) is 6.89. The van der Waals surface area contributed by atoms with Crippen molar-refractivity contribution in [3.63, 3.8) is 0 Å². The maximum atomic E-state index is 13.4. The molecule has 1 aliphatic carbocycles. The van der Waals surface area contributed by atoms with Crippen molar-refractivity contribution >= 4 is 57.0 Å². The van der Waals surface area contributed by atoms with Gasteiger partial charge in [0.05, 0.1) is 15.8 Å². The average Bonchev–Trinajstić information content (AvgIpc) is 3.34. The number of benzene rings is 1. The molecule has 17 heteroatoms. The number of halogens is 1. The lowest BCUT2D eigenvalue weighted by Crippen LogP contribution is -2.53. The molecule has 46 heavy (non-hydrogen) atoms. The number of sulfonamides is 1. The summed E-state index contributed by atoms with van der Waals surface area (Å²) in [6.45, 7) is 6.47. The van der Waals surface area contributed by atoms with Crippen LogP contribution in [-0.2, 0) is 19.6 Å². The minimum Gasteiger partial charge on any atom is -0.460 e. The molecule has 7 N–H and O–H groups in total. The molecule has 2 saturated heterocycles. The summed E-state index contributed by atoms with van der Waals surface area (Å²) in [5.41, 5.74) is 9.31. The molecule has 15 nitrogen and oxygen atoms in total. The first-order valence-electron chi connectivity index (χ1n) is 14.9. The highest BCUT2D eigenvalue weighted by molar-refractivity contribution is 7.89. The number of guanidine groups is 1. The van der Waals surface area contributed by atoms with Crippen LogP contribution in [0.1, 0.15) is 73.7 Å². The SMILES string of the molecule is CC(C)(C)OC(=O)C1(CNS(=O)(=O)c2cccc(C(=O)N3CCC4(CC3)CN/C(=N\C(=O)c3nc(Cl)c(N)nc3N)N4)c2)CCC1. The van der Waals surface area contributed by atoms with E-state index in [4.69, 9.17) is 27.8 Å². The van der Waals surface area contributed by atoms with Gasteiger partial charge in [0.25, 0.3) is 5.91 Å². The van der Waals surface area contributed by atoms with Gasteiger partial charge in [-0.1, -0.05) is 24.1 Å². The molecule has 1 saturated carbocycles. The van der Waals surface area contributed by atoms with E-state index >= 15 is 0 Å². The number of nitrogen functional groups attached to an aromatic ring is 2. The van der Waals surface area contributed by atoms with Gasteiger partial charge in [-0.3, -0.25) is 14.4 Å². The lowest BCUT2D eigenvalue weighted by molar-refractivity contribution is -0.172. The molecule has 0 atom stereocenters. The smallest absolute Gasteiger partial charge is 0.313 e. The van der Waals surface area contributed by atoms with Crippen molar-refractivity contribution in [1.29, 1.82) is 0 Å². The van der Waals surface area contributed by atoms with Crippen LogP contribution in [0.5, 0.6) is 0 Å². The second-order valence-electron chi connectivity index (χ2n) is 12.9. The van der Waals surface area contributed by atoms with Gasteiger partial charge in [0.15, 0.2) is 28.4 Å². The normalized spacial score (nSPS) is 19.7. The summed E-state index contributed by atoms with van der Waals surface area (Å²) >= 11 is 5.88. The topological polar surface area (TPSA) is 224 Å². The highest BCUT2D eigenvalue weighted by atomic mass is 35.5. The van der Waals surface area contributed by atoms with Crippen LogP contribution in [0.3, 0.4) is 0 Å². The van der Waals surface area contributed by atoms with Crippen molar-refractivity contribution in [3.05, 3.63) is 40.7 Å². The van der Waals surface area contributed by atoms with Crippen LogP contribution < -0.4 is 26.8 Å². The maximum Gasteiger partial charge on any atom is 0.313 e. The van der Waals surface area contributed by atoms with Gasteiger partial charge in [-0.15, -0.1) is 0 Å². The predicted molar refractivity (Wildman–Crippen MR) is 170 cm³/mol. The molecule has 1 aromatic carbocycles. The summed E-state index contributed by atoms with van der Waals surface area (Å²) in [6.07, 6.45) is 2.97. The lowest BCUT2D eigenvalue weighted by Gasteiger charge is -2.41. The molecular weight excluding hydrogens is 638 g/mol. The van der Waals surface area contributed by atoms with Gasteiger partial charge < -0.3 is 31.7 Å². The summed E-state index contributed by atoms with van der Waals surface area (Å²) in [7, 11) is -4.01. The monoisotopic (exact) mass is 675 g/mol. The maximum absolute atomic E-state index is 13.4. The zero-order chi connectivity index (χ0) is 33.5. The largest absolute Gasteiger partial charge is 0.460 e. The Bertz CT molecular complexity index is 1700. The molecule has 2 amide bonds. The van der Waals surface area contributed by atoms with E-state index in [9.17, 15) is 22.8 Å². The molecule has 3 heterocycles. The fraction of sp³-hybridized carbons (Fsp3) is 0.517. The zero-order valence-electron chi connectivity index (χ0n) is 25.9. The summed E-state index contributed by atoms with van der Waals surface area (Å²) in [5, 5.41) is 6.17. The Kier molecular flexibility index (Phi) is 8.92. The molecule has 3 aliphatic rings. The van der Waals surface area contributed by atoms with E-state index in [1.165, 1.54) is 18.2 Å². The number of anilines is 2. The number of likely N-dealkylation sites (tertiary alicyclic amines) is 1. The predicted octanol–water partition coefficient (Wildman–Crippen LogP) is 1.45. The number of rotatable bonds is 7. The first-order valence-corrected chi connectivity index (χ1v) is 16.7. The Labute approximate surface area is 271 Å². The van der Waals surface area contributed by atoms with E-state index in [1.807, 2.05) is 0 Å². The Morgan fingerprint density at radius 3 is 2.43 bits per heavy atom. The van der Waals surface area contributed by atoms with Gasteiger partial charge in [0.1, 0.15) is 5.60 Å². The summed E-state index contributed by atoms with van der Waals surface area (Å²) in [4.78, 5) is 52.2. The Morgan fingerprint density at radius 2 is 1.80 bits per heavy atom. The van der Waals surface area contributed by atoms with Crippen LogP contribution in [-0.4, -0.2) is 84.3 Å². The minimum atomic E-state index is -4.01. The van der Waals surface area contributed by atoms with Gasteiger partial charge in [-0.2, -0.15) is 4.99 Å². The number of carbonyl (C=O) groups excluding carboxylic acids is 3. The molecule has 0 radical (unpaired) electrons. The van der Waals surface area contributed by atoms with Crippen molar-refractivity contribution in [1.82, 2.24) is 30.2 Å². The van der Waals surface area contributed by atoms with Crippen LogP contribution >= 0.6 is 11.6 Å². The molecule has 1 spiro atoms. The highest BCUT2D eigenvalue weighted by Gasteiger charge is 2.47. The van der Waals surface area contributed by atoms with Gasteiger partial charge in [-0.05, 0) is 64.7 Å². The number of amides is 2. The van der Waals surface area contributed by atoms with Crippen LogP contribution in [0.4, 0.5) is 11.6 Å². The summed E-state index contributed by atoms with van der Waals surface area (Å²) in [5.74, 6) is -1.51. The molecule has 0 bridgehead atoms. The second-order valence-corrected chi connectivity index (χ2v) is 15.1. The van der Waals surface area contributed by atoms with Gasteiger partial charge in [-0.25, -0.2) is 23.1 Å². The Hall–Kier alpha value is -4.02. The molecule has 5 rings (SSSR count). The van der Waals surface area contributed by atoms with Crippen LogP contribution in [0.25, 0.3) is 0 Å². The molecular formula is C29H38ClN9O6S.